The lowest BCUT2D eigenvalue weighted by molar-refractivity contribution is 0.0897. The topological polar surface area (TPSA) is 42.2 Å². The van der Waals surface area contributed by atoms with Crippen molar-refractivity contribution in [2.45, 2.75) is 19.9 Å². The molecule has 1 amide bonds. The third-order valence-electron chi connectivity index (χ3n) is 2.60. The van der Waals surface area contributed by atoms with E-state index in [1.54, 1.807) is 23.5 Å². The minimum absolute atomic E-state index is 0.0152. The second kappa shape index (κ2) is 5.71. The van der Waals surface area contributed by atoms with E-state index >= 15 is 0 Å². The van der Waals surface area contributed by atoms with Crippen molar-refractivity contribution in [1.82, 2.24) is 5.32 Å². The predicted octanol–water partition coefficient (Wildman–Crippen LogP) is 4.23. The lowest BCUT2D eigenvalue weighted by Crippen LogP contribution is -2.30. The Morgan fingerprint density at radius 3 is 2.67 bits per heavy atom. The van der Waals surface area contributed by atoms with Gasteiger partial charge in [-0.2, -0.15) is 0 Å². The van der Waals surface area contributed by atoms with Crippen LogP contribution in [-0.2, 0) is 0 Å². The first kappa shape index (κ1) is 13.4. The van der Waals surface area contributed by atoms with Crippen LogP contribution in [-0.4, -0.2) is 5.91 Å². The van der Waals surface area contributed by atoms with Crippen molar-refractivity contribution in [3.8, 4) is 0 Å². The predicted molar refractivity (Wildman–Crippen MR) is 75.8 cm³/mol. The van der Waals surface area contributed by atoms with Gasteiger partial charge in [-0.25, -0.2) is 0 Å². The highest BCUT2D eigenvalue weighted by Crippen LogP contribution is 2.26. The Balaban J connectivity index is 2.13. The molecule has 0 aromatic carbocycles. The molecule has 2 aromatic heterocycles. The summed E-state index contributed by atoms with van der Waals surface area (Å²) in [6, 6.07) is 7.41. The molecule has 2 aromatic rings. The zero-order valence-corrected chi connectivity index (χ0v) is 12.5. The summed E-state index contributed by atoms with van der Waals surface area (Å²) in [6.07, 6.45) is 0. The summed E-state index contributed by atoms with van der Waals surface area (Å²) >= 11 is 4.84. The Kier molecular flexibility index (Phi) is 4.24. The third-order valence-corrected chi connectivity index (χ3v) is 3.98. The molecule has 1 N–H and O–H groups in total. The molecule has 0 saturated heterocycles. The van der Waals surface area contributed by atoms with Crippen LogP contribution in [0.2, 0.25) is 0 Å². The fourth-order valence-electron chi connectivity index (χ4n) is 1.68. The minimum atomic E-state index is -0.187. The number of carbonyl (C=O) groups excluding carboxylic acids is 1. The first-order valence-corrected chi connectivity index (χ1v) is 7.35. The molecule has 2 heterocycles. The molecule has 1 atom stereocenters. The van der Waals surface area contributed by atoms with E-state index in [1.807, 2.05) is 17.5 Å². The Hall–Kier alpha value is -1.07. The van der Waals surface area contributed by atoms with E-state index in [0.717, 1.165) is 4.88 Å². The van der Waals surface area contributed by atoms with Crippen LogP contribution in [0.25, 0.3) is 0 Å². The Morgan fingerprint density at radius 1 is 1.39 bits per heavy atom. The van der Waals surface area contributed by atoms with Gasteiger partial charge in [0.15, 0.2) is 10.4 Å². The van der Waals surface area contributed by atoms with Crippen molar-refractivity contribution in [3.05, 3.63) is 45.0 Å². The molecule has 0 fully saturated rings. The van der Waals surface area contributed by atoms with Gasteiger partial charge in [0.05, 0.1) is 6.04 Å². The van der Waals surface area contributed by atoms with E-state index < -0.39 is 0 Å². The van der Waals surface area contributed by atoms with Crippen LogP contribution in [0.15, 0.2) is 38.7 Å². The van der Waals surface area contributed by atoms with Crippen LogP contribution in [0.4, 0.5) is 0 Å². The monoisotopic (exact) mass is 327 g/mol. The average molecular weight is 328 g/mol. The van der Waals surface area contributed by atoms with Crippen LogP contribution in [0.1, 0.15) is 35.3 Å². The van der Waals surface area contributed by atoms with Gasteiger partial charge in [-0.15, -0.1) is 11.3 Å². The lowest BCUT2D eigenvalue weighted by atomic mass is 10.0. The highest BCUT2D eigenvalue weighted by Gasteiger charge is 2.21. The van der Waals surface area contributed by atoms with Crippen molar-refractivity contribution >= 4 is 33.2 Å². The van der Waals surface area contributed by atoms with Crippen LogP contribution in [0.3, 0.4) is 0 Å². The van der Waals surface area contributed by atoms with Crippen LogP contribution in [0.5, 0.6) is 0 Å². The van der Waals surface area contributed by atoms with E-state index in [-0.39, 0.29) is 11.9 Å². The van der Waals surface area contributed by atoms with Gasteiger partial charge in [-0.05, 0) is 45.4 Å². The molecule has 0 aliphatic carbocycles. The van der Waals surface area contributed by atoms with E-state index in [1.165, 1.54) is 0 Å². The highest BCUT2D eigenvalue weighted by molar-refractivity contribution is 9.10. The molecular weight excluding hydrogens is 314 g/mol. The molecule has 0 aliphatic rings. The Bertz CT molecular complexity index is 519. The number of thiophene rings is 1. The summed E-state index contributed by atoms with van der Waals surface area (Å²) < 4.78 is 5.81. The van der Waals surface area contributed by atoms with Gasteiger partial charge in [0, 0.05) is 4.88 Å². The second-order valence-corrected chi connectivity index (χ2v) is 6.08. The number of hydrogen-bond acceptors (Lipinski definition) is 3. The fraction of sp³-hybridized carbons (Fsp3) is 0.308. The molecule has 0 aliphatic heterocycles. The zero-order valence-electron chi connectivity index (χ0n) is 10.1. The quantitative estimate of drug-likeness (QED) is 0.912. The van der Waals surface area contributed by atoms with Crippen LogP contribution < -0.4 is 5.32 Å². The second-order valence-electron chi connectivity index (χ2n) is 4.31. The zero-order chi connectivity index (χ0) is 13.1. The molecule has 5 heteroatoms. The molecule has 0 bridgehead atoms. The normalized spacial score (nSPS) is 12.7. The Labute approximate surface area is 118 Å². The molecule has 18 heavy (non-hydrogen) atoms. The van der Waals surface area contributed by atoms with Gasteiger partial charge in [0.1, 0.15) is 0 Å². The van der Waals surface area contributed by atoms with Crippen molar-refractivity contribution in [2.24, 2.45) is 5.92 Å². The molecule has 0 spiro atoms. The van der Waals surface area contributed by atoms with E-state index in [2.05, 4.69) is 35.1 Å². The molecular formula is C13H14BrNO2S. The maximum absolute atomic E-state index is 12.0. The third kappa shape index (κ3) is 3.03. The molecule has 1 unspecified atom stereocenters. The van der Waals surface area contributed by atoms with Gasteiger partial charge in [-0.1, -0.05) is 19.9 Å². The maximum atomic E-state index is 12.0. The number of nitrogens with one attached hydrogen (secondary N) is 1. The van der Waals surface area contributed by atoms with Crippen LogP contribution >= 0.6 is 27.3 Å². The standard InChI is InChI=1S/C13H14BrNO2S/c1-8(2)12(10-4-3-7-18-10)15-13(16)9-5-6-11(14)17-9/h3-8,12H,1-2H3,(H,15,16). The van der Waals surface area contributed by atoms with Crippen LogP contribution in [0, 0.1) is 5.92 Å². The largest absolute Gasteiger partial charge is 0.444 e. The molecule has 0 saturated carbocycles. The summed E-state index contributed by atoms with van der Waals surface area (Å²) in [7, 11) is 0. The van der Waals surface area contributed by atoms with Crippen molar-refractivity contribution in [2.75, 3.05) is 0 Å². The number of halogens is 1. The van der Waals surface area contributed by atoms with Crippen molar-refractivity contribution in [1.29, 1.82) is 0 Å². The van der Waals surface area contributed by atoms with E-state index in [9.17, 15) is 4.79 Å². The number of hydrogen-bond donors (Lipinski definition) is 1. The summed E-state index contributed by atoms with van der Waals surface area (Å²) in [5.41, 5.74) is 0. The minimum Gasteiger partial charge on any atom is -0.444 e. The van der Waals surface area contributed by atoms with E-state index in [4.69, 9.17) is 4.42 Å². The van der Waals surface area contributed by atoms with Gasteiger partial charge in [0.25, 0.3) is 5.91 Å². The number of amides is 1. The summed E-state index contributed by atoms with van der Waals surface area (Å²) in [5, 5.41) is 5.02. The average Bonchev–Trinajstić information content (AvgIpc) is 2.95. The van der Waals surface area contributed by atoms with Crippen molar-refractivity contribution in [3.63, 3.8) is 0 Å². The highest BCUT2D eigenvalue weighted by atomic mass is 79.9. The van der Waals surface area contributed by atoms with Gasteiger partial charge in [0.2, 0.25) is 0 Å². The number of furan rings is 1. The number of rotatable bonds is 4. The lowest BCUT2D eigenvalue weighted by Gasteiger charge is -2.20. The first-order chi connectivity index (χ1) is 8.58. The smallest absolute Gasteiger partial charge is 0.287 e. The van der Waals surface area contributed by atoms with Gasteiger partial charge < -0.3 is 9.73 Å². The molecule has 96 valence electrons. The maximum Gasteiger partial charge on any atom is 0.287 e. The summed E-state index contributed by atoms with van der Waals surface area (Å²) in [6.45, 7) is 4.17. The summed E-state index contributed by atoms with van der Waals surface area (Å²) in [4.78, 5) is 13.2. The van der Waals surface area contributed by atoms with E-state index in [0.29, 0.717) is 16.3 Å². The summed E-state index contributed by atoms with van der Waals surface area (Å²) in [5.74, 6) is 0.461. The Morgan fingerprint density at radius 2 is 2.17 bits per heavy atom. The molecule has 3 nitrogen and oxygen atoms in total. The molecule has 2 rings (SSSR count). The van der Waals surface area contributed by atoms with Crippen molar-refractivity contribution < 1.29 is 9.21 Å². The van der Waals surface area contributed by atoms with Gasteiger partial charge >= 0.3 is 0 Å². The first-order valence-electron chi connectivity index (χ1n) is 5.67. The fourth-order valence-corrected chi connectivity index (χ4v) is 2.94. The molecule has 0 radical (unpaired) electrons. The van der Waals surface area contributed by atoms with Gasteiger partial charge in [-0.3, -0.25) is 4.79 Å². The number of carbonyl (C=O) groups is 1. The SMILES string of the molecule is CC(C)C(NC(=O)c1ccc(Br)o1)c1cccs1.